The molecule has 0 aliphatic carbocycles. The summed E-state index contributed by atoms with van der Waals surface area (Å²) in [4.78, 5) is 9.92. The molecular formula is C12H8F4N4. The van der Waals surface area contributed by atoms with E-state index < -0.39 is 17.8 Å². The number of H-pyrrole nitrogens is 1. The van der Waals surface area contributed by atoms with E-state index in [1.54, 1.807) is 0 Å². The van der Waals surface area contributed by atoms with Crippen molar-refractivity contribution in [2.45, 2.75) is 6.18 Å². The van der Waals surface area contributed by atoms with Crippen LogP contribution in [0.15, 0.2) is 30.6 Å². The van der Waals surface area contributed by atoms with Crippen LogP contribution < -0.4 is 0 Å². The molecule has 104 valence electrons. The summed E-state index contributed by atoms with van der Waals surface area (Å²) in [6, 6.07) is 2.70. The van der Waals surface area contributed by atoms with E-state index >= 15 is 0 Å². The van der Waals surface area contributed by atoms with Gasteiger partial charge in [-0.1, -0.05) is 0 Å². The number of rotatable bonds is 3. The largest absolute Gasteiger partial charge is 0.432 e. The van der Waals surface area contributed by atoms with Crippen molar-refractivity contribution in [3.8, 4) is 11.3 Å². The predicted octanol–water partition coefficient (Wildman–Crippen LogP) is 3.21. The Labute approximate surface area is 110 Å². The fraction of sp³-hybridized carbons (Fsp3) is 0.0833. The lowest BCUT2D eigenvalue weighted by Crippen LogP contribution is -2.19. The van der Waals surface area contributed by atoms with Crippen LogP contribution in [-0.4, -0.2) is 26.8 Å². The summed E-state index contributed by atoms with van der Waals surface area (Å²) in [5.74, 6) is -0.542. The second-order valence-corrected chi connectivity index (χ2v) is 3.79. The zero-order chi connectivity index (χ0) is 14.8. The average molecular weight is 284 g/mol. The second kappa shape index (κ2) is 5.24. The number of imidazole rings is 1. The van der Waals surface area contributed by atoms with Crippen LogP contribution in [0.3, 0.4) is 0 Å². The van der Waals surface area contributed by atoms with E-state index in [0.29, 0.717) is 17.3 Å². The monoisotopic (exact) mass is 284 g/mol. The molecule has 0 unspecified atom stereocenters. The van der Waals surface area contributed by atoms with Crippen LogP contribution in [-0.2, 0) is 0 Å². The molecule has 2 heterocycles. The van der Waals surface area contributed by atoms with Gasteiger partial charge in [0.2, 0.25) is 5.95 Å². The minimum absolute atomic E-state index is 0.131. The van der Waals surface area contributed by atoms with Crippen LogP contribution in [0.5, 0.6) is 0 Å². The highest BCUT2D eigenvalue weighted by Crippen LogP contribution is 2.19. The molecule has 2 rings (SSSR count). The van der Waals surface area contributed by atoms with Crippen molar-refractivity contribution < 1.29 is 17.6 Å². The summed E-state index contributed by atoms with van der Waals surface area (Å²) in [5, 5.41) is 6.78. The first-order valence-corrected chi connectivity index (χ1v) is 5.37. The maximum Gasteiger partial charge on any atom is 0.432 e. The SMILES string of the molecule is N=C(/C=C\c1ncc(-c2ccnc(F)c2)[nH]1)C(F)(F)F. The highest BCUT2D eigenvalue weighted by Gasteiger charge is 2.32. The van der Waals surface area contributed by atoms with Gasteiger partial charge in [-0.3, -0.25) is 5.41 Å². The van der Waals surface area contributed by atoms with Crippen molar-refractivity contribution in [2.75, 3.05) is 0 Å². The van der Waals surface area contributed by atoms with Gasteiger partial charge in [0.15, 0.2) is 0 Å². The number of nitrogens with one attached hydrogen (secondary N) is 2. The lowest BCUT2D eigenvalue weighted by molar-refractivity contribution is -0.0583. The van der Waals surface area contributed by atoms with Gasteiger partial charge in [0.1, 0.15) is 11.5 Å². The molecule has 20 heavy (non-hydrogen) atoms. The van der Waals surface area contributed by atoms with Gasteiger partial charge in [-0.2, -0.15) is 17.6 Å². The molecular weight excluding hydrogens is 276 g/mol. The lowest BCUT2D eigenvalue weighted by Gasteiger charge is -2.01. The van der Waals surface area contributed by atoms with Crippen LogP contribution in [0.4, 0.5) is 17.6 Å². The maximum atomic E-state index is 12.9. The molecule has 8 heteroatoms. The molecule has 0 saturated heterocycles. The Morgan fingerprint density at radius 3 is 2.70 bits per heavy atom. The van der Waals surface area contributed by atoms with Crippen molar-refractivity contribution in [1.82, 2.24) is 15.0 Å². The van der Waals surface area contributed by atoms with Crippen molar-refractivity contribution >= 4 is 11.8 Å². The molecule has 0 bridgehead atoms. The third-order valence-electron chi connectivity index (χ3n) is 2.35. The normalized spacial score (nSPS) is 12.0. The molecule has 2 N–H and O–H groups in total. The molecule has 0 spiro atoms. The first-order valence-electron chi connectivity index (χ1n) is 5.37. The Morgan fingerprint density at radius 2 is 2.05 bits per heavy atom. The smallest absolute Gasteiger partial charge is 0.338 e. The number of halogens is 4. The Bertz CT molecular complexity index is 657. The molecule has 0 radical (unpaired) electrons. The van der Waals surface area contributed by atoms with Gasteiger partial charge in [0.05, 0.1) is 11.9 Å². The number of allylic oxidation sites excluding steroid dienone is 1. The molecule has 0 atom stereocenters. The lowest BCUT2D eigenvalue weighted by atomic mass is 10.2. The van der Waals surface area contributed by atoms with Crippen LogP contribution in [0.1, 0.15) is 5.82 Å². The maximum absolute atomic E-state index is 12.9. The Balaban J connectivity index is 2.18. The zero-order valence-corrected chi connectivity index (χ0v) is 9.87. The number of nitrogens with zero attached hydrogens (tertiary/aromatic N) is 2. The zero-order valence-electron chi connectivity index (χ0n) is 9.87. The third kappa shape index (κ3) is 3.28. The first-order chi connectivity index (χ1) is 9.36. The summed E-state index contributed by atoms with van der Waals surface area (Å²) in [5.41, 5.74) is -0.578. The summed E-state index contributed by atoms with van der Waals surface area (Å²) in [7, 11) is 0. The molecule has 0 aliphatic heterocycles. The molecule has 0 saturated carbocycles. The highest BCUT2D eigenvalue weighted by molar-refractivity contribution is 5.99. The number of hydrogen-bond donors (Lipinski definition) is 2. The standard InChI is InChI=1S/C12H8F4N4/c13-10-5-7(3-4-18-10)8-6-19-11(20-8)2-1-9(17)12(14,15)16/h1-6,17H,(H,19,20)/b2-1-,17-9?. The van der Waals surface area contributed by atoms with Crippen molar-refractivity contribution in [3.05, 3.63) is 42.4 Å². The van der Waals surface area contributed by atoms with Gasteiger partial charge in [0.25, 0.3) is 0 Å². The number of aromatic nitrogens is 3. The van der Waals surface area contributed by atoms with Crippen molar-refractivity contribution in [1.29, 1.82) is 5.41 Å². The summed E-state index contributed by atoms with van der Waals surface area (Å²) in [6.45, 7) is 0. The van der Waals surface area contributed by atoms with Gasteiger partial charge in [0, 0.05) is 17.8 Å². The van der Waals surface area contributed by atoms with Crippen molar-refractivity contribution in [2.24, 2.45) is 0 Å². The second-order valence-electron chi connectivity index (χ2n) is 3.79. The van der Waals surface area contributed by atoms with E-state index in [-0.39, 0.29) is 5.82 Å². The molecule has 0 amide bonds. The van der Waals surface area contributed by atoms with Crippen LogP contribution in [0.25, 0.3) is 17.3 Å². The third-order valence-corrected chi connectivity index (χ3v) is 2.35. The minimum Gasteiger partial charge on any atom is -0.338 e. The van der Waals surface area contributed by atoms with E-state index in [1.807, 2.05) is 0 Å². The fourth-order valence-corrected chi connectivity index (χ4v) is 1.39. The fourth-order valence-electron chi connectivity index (χ4n) is 1.39. The predicted molar refractivity (Wildman–Crippen MR) is 64.6 cm³/mol. The number of pyridine rings is 1. The van der Waals surface area contributed by atoms with Crippen molar-refractivity contribution in [3.63, 3.8) is 0 Å². The molecule has 0 fully saturated rings. The van der Waals surface area contributed by atoms with Crippen LogP contribution in [0, 0.1) is 11.4 Å². The average Bonchev–Trinajstić information content (AvgIpc) is 2.83. The Kier molecular flexibility index (Phi) is 3.64. The number of aromatic amines is 1. The van der Waals surface area contributed by atoms with E-state index in [1.165, 1.54) is 24.5 Å². The first kappa shape index (κ1) is 13.9. The minimum atomic E-state index is -4.69. The van der Waals surface area contributed by atoms with Crippen LogP contribution in [0.2, 0.25) is 0 Å². The van der Waals surface area contributed by atoms with E-state index in [4.69, 9.17) is 5.41 Å². The quantitative estimate of drug-likeness (QED) is 0.516. The molecule has 2 aromatic heterocycles. The van der Waals surface area contributed by atoms with Gasteiger partial charge in [-0.25, -0.2) is 9.97 Å². The van der Waals surface area contributed by atoms with Gasteiger partial charge in [-0.05, 0) is 18.2 Å². The van der Waals surface area contributed by atoms with Crippen LogP contribution >= 0.6 is 0 Å². The van der Waals surface area contributed by atoms with Gasteiger partial charge >= 0.3 is 6.18 Å². The summed E-state index contributed by atoms with van der Waals surface area (Å²) < 4.78 is 49.3. The number of alkyl halides is 3. The van der Waals surface area contributed by atoms with E-state index in [2.05, 4.69) is 15.0 Å². The van der Waals surface area contributed by atoms with Gasteiger partial charge < -0.3 is 4.98 Å². The summed E-state index contributed by atoms with van der Waals surface area (Å²) >= 11 is 0. The molecule has 0 aromatic carbocycles. The molecule has 4 nitrogen and oxygen atoms in total. The highest BCUT2D eigenvalue weighted by atomic mass is 19.4. The topological polar surface area (TPSA) is 65.4 Å². The van der Waals surface area contributed by atoms with Gasteiger partial charge in [-0.15, -0.1) is 0 Å². The van der Waals surface area contributed by atoms with E-state index in [9.17, 15) is 17.6 Å². The van der Waals surface area contributed by atoms with E-state index in [0.717, 1.165) is 6.08 Å². The molecule has 0 aliphatic rings. The summed E-state index contributed by atoms with van der Waals surface area (Å²) in [6.07, 6.45) is -0.460. The number of hydrogen-bond acceptors (Lipinski definition) is 3. The molecule has 2 aromatic rings. The Morgan fingerprint density at radius 1 is 1.30 bits per heavy atom. The Hall–Kier alpha value is -2.51.